The van der Waals surface area contributed by atoms with Crippen molar-refractivity contribution in [1.82, 2.24) is 30.4 Å². The largest absolute Gasteiger partial charge is 1.00 e. The van der Waals surface area contributed by atoms with E-state index in [0.29, 0.717) is 68.1 Å². The molecule has 0 unspecified atom stereocenters. The molecule has 2 aromatic heterocycles. The number of rotatable bonds is 6. The van der Waals surface area contributed by atoms with Gasteiger partial charge in [-0.25, -0.2) is 22.2 Å². The van der Waals surface area contributed by atoms with E-state index >= 15 is 0 Å². The van der Waals surface area contributed by atoms with Crippen LogP contribution in [0.25, 0.3) is 22.1 Å². The van der Waals surface area contributed by atoms with Crippen LogP contribution < -0.4 is 108 Å². The molecule has 0 bridgehead atoms. The second-order valence-corrected chi connectivity index (χ2v) is 26.5. The minimum Gasteiger partial charge on any atom is -1.00 e. The summed E-state index contributed by atoms with van der Waals surface area (Å²) < 4.78 is 53.8. The fourth-order valence-corrected chi connectivity index (χ4v) is 18.6. The van der Waals surface area contributed by atoms with E-state index in [4.69, 9.17) is 10.1 Å². The van der Waals surface area contributed by atoms with Crippen LogP contribution in [0.1, 0.15) is 173 Å². The molecule has 2 heterocycles. The third-order valence-corrected chi connectivity index (χ3v) is 22.6. The number of fused-ring (bicyclic) bond motifs is 12. The van der Waals surface area contributed by atoms with Crippen molar-refractivity contribution < 1.29 is 156 Å². The number of alkyl halides is 1. The van der Waals surface area contributed by atoms with Gasteiger partial charge in [-0.15, -0.1) is 5.10 Å². The van der Waals surface area contributed by atoms with Gasteiger partial charge in [0.15, 0.2) is 29.1 Å². The van der Waals surface area contributed by atoms with Crippen molar-refractivity contribution >= 4 is 56.0 Å². The van der Waals surface area contributed by atoms with Crippen LogP contribution in [0.15, 0.2) is 24.3 Å². The monoisotopic (exact) mass is 1220 g/mol. The molecule has 79 heavy (non-hydrogen) atoms. The van der Waals surface area contributed by atoms with Crippen molar-refractivity contribution in [2.45, 2.75) is 190 Å². The van der Waals surface area contributed by atoms with Gasteiger partial charge in [0.1, 0.15) is 28.9 Å². The number of aromatic nitrogens is 6. The second-order valence-electron chi connectivity index (χ2n) is 25.9. The number of benzene rings is 2. The maximum atomic E-state index is 13.8. The molecular formula is C59H85BrF4K2N6O7. The Hall–Kier alpha value is -0.597. The first-order chi connectivity index (χ1) is 35.4. The number of halogens is 5. The Morgan fingerprint density at radius 3 is 1.48 bits per heavy atom. The number of aliphatic hydroxyl groups is 2. The molecule has 12 rings (SSSR count). The Kier molecular flexibility index (Phi) is 23.6. The van der Waals surface area contributed by atoms with Crippen molar-refractivity contribution in [3.05, 3.63) is 47.5 Å². The van der Waals surface area contributed by atoms with Crippen LogP contribution >= 0.6 is 15.9 Å². The van der Waals surface area contributed by atoms with Crippen LogP contribution in [0.5, 0.6) is 0 Å². The zero-order chi connectivity index (χ0) is 54.0. The molecule has 4 aromatic rings. The Balaban J connectivity index is 0.000000267. The number of hydrogen-bond donors (Lipinski definition) is 3. The number of aromatic amines is 1. The third-order valence-electron chi connectivity index (χ3n) is 22.1. The van der Waals surface area contributed by atoms with Gasteiger partial charge in [-0.05, 0) is 198 Å². The van der Waals surface area contributed by atoms with E-state index in [1.54, 1.807) is 0 Å². The van der Waals surface area contributed by atoms with Crippen molar-refractivity contribution in [3.8, 4) is 0 Å². The van der Waals surface area contributed by atoms with E-state index < -0.39 is 34.5 Å². The number of hydrogen-bond acceptors (Lipinski definition) is 11. The van der Waals surface area contributed by atoms with Crippen LogP contribution in [0.3, 0.4) is 0 Å². The number of carbonyl (C=O) groups is 3. The van der Waals surface area contributed by atoms with Gasteiger partial charge in [-0.1, -0.05) is 63.7 Å². The smallest absolute Gasteiger partial charge is 1.00 e. The minimum absolute atomic E-state index is 0. The topological polar surface area (TPSA) is 196 Å². The SMILES string of the molecule is C.C.C[C@@]1(O)CC[C@@]2(C)[C@@H](CC[C@@H]3[C@@H]2CC[C@]2(C)[C@@H](C(=O)CBr)CC[C@@H]32)C1.C[C@@]1(O)CC[C@@]2(C)[C@@H](CC[C@@H]3[C@@H]2CC[C@]2(C)[C@@H](C(=O)Cn4nnc5cc(F)c(F)cc54)CC[C@@H]32)C1.Fc1cc2n[nH]nc2cc1F.O=CO[O-].[H-].[K+].[K+]. The maximum absolute atomic E-state index is 13.8. The van der Waals surface area contributed by atoms with Gasteiger partial charge in [-0.2, -0.15) is 15.4 Å². The summed E-state index contributed by atoms with van der Waals surface area (Å²) in [7, 11) is 0. The number of carbonyl (C=O) groups excluding carboxylic acids is 3. The van der Waals surface area contributed by atoms with Crippen LogP contribution in [0, 0.1) is 104 Å². The number of ketones is 2. The number of Topliss-reactive ketones (excluding diaryl/α,β-unsaturated/α-hetero) is 2. The van der Waals surface area contributed by atoms with Crippen molar-refractivity contribution in [2.75, 3.05) is 5.33 Å². The quantitative estimate of drug-likeness (QED) is 0.0503. The summed E-state index contributed by atoms with van der Waals surface area (Å²) in [5, 5.41) is 47.7. The molecule has 0 radical (unpaired) electrons. The first-order valence-electron chi connectivity index (χ1n) is 27.5. The van der Waals surface area contributed by atoms with Gasteiger partial charge in [-0.3, -0.25) is 14.4 Å². The van der Waals surface area contributed by atoms with Gasteiger partial charge in [0.25, 0.3) is 6.47 Å². The average Bonchev–Trinajstić information content (AvgIpc) is 4.16. The Bertz CT molecular complexity index is 2740. The van der Waals surface area contributed by atoms with Crippen LogP contribution in [0.2, 0.25) is 0 Å². The molecule has 8 fully saturated rings. The molecule has 16 atom stereocenters. The van der Waals surface area contributed by atoms with Crippen LogP contribution in [0.4, 0.5) is 17.6 Å². The molecule has 430 valence electrons. The molecule has 20 heteroatoms. The van der Waals surface area contributed by atoms with E-state index in [1.807, 2.05) is 13.8 Å². The number of nitrogens with one attached hydrogen (secondary N) is 1. The summed E-state index contributed by atoms with van der Waals surface area (Å²) in [6.07, 6.45) is 20.2. The average molecular weight is 1220 g/mol. The molecule has 0 spiro atoms. The zero-order valence-corrected chi connectivity index (χ0v) is 54.2. The van der Waals surface area contributed by atoms with Gasteiger partial charge >= 0.3 is 103 Å². The molecule has 3 N–H and O–H groups in total. The van der Waals surface area contributed by atoms with Gasteiger partial charge in [0, 0.05) is 36.1 Å². The number of nitrogens with zero attached hydrogens (tertiary/aromatic N) is 5. The van der Waals surface area contributed by atoms with Crippen LogP contribution in [-0.4, -0.2) is 75.2 Å². The molecule has 0 aliphatic heterocycles. The molecule has 2 aromatic carbocycles. The predicted molar refractivity (Wildman–Crippen MR) is 288 cm³/mol. The standard InChI is InChI=1S/C28H37F2N3O2.C22H35BrO2.C6H3F2N3.CH2O3.2CH4.2K.H/c1-26(35)10-11-27(2)16(14-26)4-5-17-18-6-7-20(28(18,3)9-8-19(17)27)25(34)15-33-24-13-22(30)21(29)12-23(24)31-32-33;1-20(25)10-11-21(2)14(12-20)4-5-15-16-6-7-18(19(24)13-23)22(16,3)9-8-17(15)21;7-3-1-5-6(2-4(3)8)10-11-9-5;2-1-4-3;;;;;/h12-13,16-20,35H,4-11,14-15H2,1-3H3;14-18,25H,4-13H2,1-3H3;1-2H,(H,9,10,11);1,3H;2*1H4;;;/q;;;;;;2*+1;-1/p-1/t16-,17-,18-,19-,20+,26+,27-,28-;14-,15-,16-,17-,18+,20+,21-,22-;;;;;;;/m00......./s1. The maximum Gasteiger partial charge on any atom is 1.00 e. The number of H-pyrrole nitrogens is 1. The minimum atomic E-state index is -0.955. The van der Waals surface area contributed by atoms with Crippen LogP contribution in [-0.2, 0) is 25.8 Å². The fraction of sp³-hybridized carbons (Fsp3) is 0.746. The summed E-state index contributed by atoms with van der Waals surface area (Å²) in [5.41, 5.74) is 1.26. The fourth-order valence-electron chi connectivity index (χ4n) is 18.2. The first kappa shape index (κ1) is 69.2. The molecule has 0 amide bonds. The van der Waals surface area contributed by atoms with Gasteiger partial charge < -0.3 is 21.8 Å². The molecule has 8 aliphatic carbocycles. The summed E-state index contributed by atoms with van der Waals surface area (Å²) >= 11 is 3.43. The summed E-state index contributed by atoms with van der Waals surface area (Å²) in [6, 6.07) is 4.11. The Labute approximate surface area is 559 Å². The van der Waals surface area contributed by atoms with E-state index in [-0.39, 0.29) is 166 Å². The molecule has 0 saturated heterocycles. The summed E-state index contributed by atoms with van der Waals surface area (Å²) in [6.45, 7) is 13.7. The molecule has 13 nitrogen and oxygen atoms in total. The molecule has 8 saturated carbocycles. The van der Waals surface area contributed by atoms with Crippen molar-refractivity contribution in [2.24, 2.45) is 80.8 Å². The predicted octanol–water partition coefficient (Wildman–Crippen LogP) is 6.11. The third kappa shape index (κ3) is 13.4. The molecular weight excluding hydrogens is 1140 g/mol. The van der Waals surface area contributed by atoms with Crippen molar-refractivity contribution in [1.29, 1.82) is 0 Å². The summed E-state index contributed by atoms with van der Waals surface area (Å²) in [5.74, 6) is 2.67. The first-order valence-corrected chi connectivity index (χ1v) is 28.7. The van der Waals surface area contributed by atoms with E-state index in [1.165, 1.54) is 56.0 Å². The molecule has 8 aliphatic rings. The second kappa shape index (κ2) is 27.0. The zero-order valence-electron chi connectivity index (χ0n) is 47.4. The Morgan fingerprint density at radius 2 is 1.05 bits per heavy atom. The van der Waals surface area contributed by atoms with E-state index in [0.717, 1.165) is 106 Å². The Morgan fingerprint density at radius 1 is 0.646 bits per heavy atom. The van der Waals surface area contributed by atoms with Crippen molar-refractivity contribution in [3.63, 3.8) is 0 Å². The van der Waals surface area contributed by atoms with Gasteiger partial charge in [0.2, 0.25) is 0 Å². The normalized spacial score (nSPS) is 38.3. The summed E-state index contributed by atoms with van der Waals surface area (Å²) in [4.78, 5) is 37.4. The van der Waals surface area contributed by atoms with Gasteiger partial charge in [0.05, 0.1) is 22.0 Å². The van der Waals surface area contributed by atoms with E-state index in [9.17, 15) is 37.4 Å². The van der Waals surface area contributed by atoms with E-state index in [2.05, 4.69) is 74.2 Å².